The Morgan fingerprint density at radius 1 is 1.12 bits per heavy atom. The van der Waals surface area contributed by atoms with Crippen molar-refractivity contribution in [2.75, 3.05) is 0 Å². The Morgan fingerprint density at radius 2 is 2.06 bits per heavy atom. The normalized spacial score (nSPS) is 10.9. The summed E-state index contributed by atoms with van der Waals surface area (Å²) in [5, 5.41) is 16.5. The van der Waals surface area contributed by atoms with Crippen LogP contribution in [0.25, 0.3) is 22.2 Å². The summed E-state index contributed by atoms with van der Waals surface area (Å²) in [5.74, 6) is 0. The molecule has 0 spiro atoms. The van der Waals surface area contributed by atoms with Crippen LogP contribution in [0, 0.1) is 0 Å². The van der Waals surface area contributed by atoms with E-state index in [1.165, 1.54) is 0 Å². The minimum absolute atomic E-state index is 0.884. The maximum Gasteiger partial charge on any atom is 0.0937 e. The minimum atomic E-state index is 0.884. The molecule has 1 aromatic carbocycles. The topological polar surface area (TPSA) is 54.5 Å². The Kier molecular flexibility index (Phi) is 2.33. The molecule has 0 radical (unpaired) electrons. The molecule has 0 amide bonds. The van der Waals surface area contributed by atoms with Crippen molar-refractivity contribution < 1.29 is 0 Å². The minimum Gasteiger partial charge on any atom is -0.278 e. The molecule has 0 saturated carbocycles. The highest BCUT2D eigenvalue weighted by molar-refractivity contribution is 5.93. The summed E-state index contributed by atoms with van der Waals surface area (Å²) in [7, 11) is 0. The van der Waals surface area contributed by atoms with E-state index in [0.29, 0.717) is 0 Å². The summed E-state index contributed by atoms with van der Waals surface area (Å²) in [6, 6.07) is 10.0. The lowest BCUT2D eigenvalue weighted by Gasteiger charge is -2.02. The molecule has 4 nitrogen and oxygen atoms in total. The number of hydrogen-bond donors (Lipinski definition) is 1. The van der Waals surface area contributed by atoms with E-state index >= 15 is 0 Å². The average molecular weight is 224 g/mol. The van der Waals surface area contributed by atoms with E-state index in [1.807, 2.05) is 36.5 Å². The molecule has 0 aliphatic rings. The summed E-state index contributed by atoms with van der Waals surface area (Å²) < 4.78 is 0. The molecule has 3 rings (SSSR count). The third-order valence-corrected chi connectivity index (χ3v) is 2.84. The lowest BCUT2D eigenvalue weighted by Crippen LogP contribution is -1.92. The second-order valence-electron chi connectivity index (χ2n) is 3.90. The first-order valence-electron chi connectivity index (χ1n) is 5.63. The van der Waals surface area contributed by atoms with Crippen LogP contribution in [0.2, 0.25) is 0 Å². The molecule has 84 valence electrons. The number of hydrogen-bond acceptors (Lipinski definition) is 3. The van der Waals surface area contributed by atoms with Gasteiger partial charge < -0.3 is 0 Å². The van der Waals surface area contributed by atoms with Crippen LogP contribution in [0.15, 0.2) is 36.5 Å². The zero-order valence-electron chi connectivity index (χ0n) is 9.51. The van der Waals surface area contributed by atoms with E-state index in [9.17, 15) is 0 Å². The molecule has 0 fully saturated rings. The second-order valence-corrected chi connectivity index (χ2v) is 3.90. The zero-order valence-corrected chi connectivity index (χ0v) is 9.51. The third kappa shape index (κ3) is 1.67. The number of aromatic nitrogens is 4. The van der Waals surface area contributed by atoms with Crippen LogP contribution in [0.3, 0.4) is 0 Å². The number of benzene rings is 1. The second kappa shape index (κ2) is 3.97. The fourth-order valence-electron chi connectivity index (χ4n) is 1.88. The summed E-state index contributed by atoms with van der Waals surface area (Å²) in [6.07, 6.45) is 2.73. The maximum atomic E-state index is 4.26. The number of aryl methyl sites for hydroxylation is 1. The SMILES string of the molecule is CCc1ccc(-c2cccc3[nH]ncc23)nn1. The number of rotatable bonds is 2. The number of aromatic amines is 1. The molecular weight excluding hydrogens is 212 g/mol. The van der Waals surface area contributed by atoms with E-state index in [1.54, 1.807) is 0 Å². The van der Waals surface area contributed by atoms with Crippen LogP contribution in [0.1, 0.15) is 12.6 Å². The Hall–Kier alpha value is -2.23. The average Bonchev–Trinajstić information content (AvgIpc) is 2.87. The lowest BCUT2D eigenvalue weighted by atomic mass is 10.1. The van der Waals surface area contributed by atoms with E-state index in [4.69, 9.17) is 0 Å². The Labute approximate surface area is 98.7 Å². The van der Waals surface area contributed by atoms with Gasteiger partial charge in [-0.25, -0.2) is 0 Å². The van der Waals surface area contributed by atoms with Gasteiger partial charge in [0.25, 0.3) is 0 Å². The van der Waals surface area contributed by atoms with Crippen molar-refractivity contribution in [2.24, 2.45) is 0 Å². The largest absolute Gasteiger partial charge is 0.278 e. The molecule has 0 saturated heterocycles. The molecule has 0 aliphatic carbocycles. The summed E-state index contributed by atoms with van der Waals surface area (Å²) in [5.41, 5.74) is 3.97. The smallest absolute Gasteiger partial charge is 0.0937 e. The zero-order chi connectivity index (χ0) is 11.7. The van der Waals surface area contributed by atoms with Gasteiger partial charge in [-0.1, -0.05) is 19.1 Å². The van der Waals surface area contributed by atoms with Crippen molar-refractivity contribution in [2.45, 2.75) is 13.3 Å². The molecule has 2 aromatic heterocycles. The van der Waals surface area contributed by atoms with Gasteiger partial charge in [-0.2, -0.15) is 15.3 Å². The molecule has 4 heteroatoms. The number of nitrogens with one attached hydrogen (secondary N) is 1. The van der Waals surface area contributed by atoms with Gasteiger partial charge in [0.05, 0.1) is 23.1 Å². The molecule has 0 aliphatic heterocycles. The number of H-pyrrole nitrogens is 1. The Morgan fingerprint density at radius 3 is 2.82 bits per heavy atom. The van der Waals surface area contributed by atoms with Crippen LogP contribution in [0.5, 0.6) is 0 Å². The lowest BCUT2D eigenvalue weighted by molar-refractivity contribution is 0.924. The van der Waals surface area contributed by atoms with Crippen molar-refractivity contribution in [3.63, 3.8) is 0 Å². The first kappa shape index (κ1) is 9.96. The van der Waals surface area contributed by atoms with E-state index < -0.39 is 0 Å². The Bertz CT molecular complexity index is 640. The highest BCUT2D eigenvalue weighted by Gasteiger charge is 2.06. The highest BCUT2D eigenvalue weighted by Crippen LogP contribution is 2.25. The molecule has 0 bridgehead atoms. The van der Waals surface area contributed by atoms with Crippen molar-refractivity contribution in [1.82, 2.24) is 20.4 Å². The standard InChI is InChI=1S/C13H12N4/c1-2-9-6-7-13(17-15-9)10-4-3-5-12-11(10)8-14-16-12/h3-8H,2H2,1H3,(H,14,16). The van der Waals surface area contributed by atoms with E-state index in [0.717, 1.165) is 34.3 Å². The molecule has 0 atom stereocenters. The van der Waals surface area contributed by atoms with Gasteiger partial charge in [-0.05, 0) is 24.6 Å². The van der Waals surface area contributed by atoms with Crippen LogP contribution in [-0.2, 0) is 6.42 Å². The van der Waals surface area contributed by atoms with E-state index in [2.05, 4.69) is 27.3 Å². The highest BCUT2D eigenvalue weighted by atomic mass is 15.1. The summed E-state index contributed by atoms with van der Waals surface area (Å²) >= 11 is 0. The van der Waals surface area contributed by atoms with Crippen LogP contribution in [0.4, 0.5) is 0 Å². The van der Waals surface area contributed by atoms with Gasteiger partial charge in [0.15, 0.2) is 0 Å². The van der Waals surface area contributed by atoms with Gasteiger partial charge >= 0.3 is 0 Å². The van der Waals surface area contributed by atoms with Gasteiger partial charge in [-0.15, -0.1) is 0 Å². The molecule has 1 N–H and O–H groups in total. The van der Waals surface area contributed by atoms with Crippen molar-refractivity contribution in [1.29, 1.82) is 0 Å². The molecule has 3 aromatic rings. The summed E-state index contributed by atoms with van der Waals surface area (Å²) in [4.78, 5) is 0. The van der Waals surface area contributed by atoms with Gasteiger partial charge in [0, 0.05) is 10.9 Å². The third-order valence-electron chi connectivity index (χ3n) is 2.84. The number of nitrogens with zero attached hydrogens (tertiary/aromatic N) is 3. The Balaban J connectivity index is 2.16. The van der Waals surface area contributed by atoms with E-state index in [-0.39, 0.29) is 0 Å². The van der Waals surface area contributed by atoms with Crippen LogP contribution >= 0.6 is 0 Å². The fraction of sp³-hybridized carbons (Fsp3) is 0.154. The van der Waals surface area contributed by atoms with Crippen molar-refractivity contribution in [3.05, 3.63) is 42.2 Å². The molecule has 17 heavy (non-hydrogen) atoms. The van der Waals surface area contributed by atoms with Crippen molar-refractivity contribution >= 4 is 10.9 Å². The predicted octanol–water partition coefficient (Wildman–Crippen LogP) is 2.58. The van der Waals surface area contributed by atoms with Crippen LogP contribution < -0.4 is 0 Å². The number of fused-ring (bicyclic) bond motifs is 1. The quantitative estimate of drug-likeness (QED) is 0.727. The van der Waals surface area contributed by atoms with Crippen LogP contribution in [-0.4, -0.2) is 20.4 Å². The van der Waals surface area contributed by atoms with Crippen molar-refractivity contribution in [3.8, 4) is 11.3 Å². The predicted molar refractivity (Wildman–Crippen MR) is 66.5 cm³/mol. The summed E-state index contributed by atoms with van der Waals surface area (Å²) in [6.45, 7) is 2.07. The first-order chi connectivity index (χ1) is 8.38. The molecule has 2 heterocycles. The maximum absolute atomic E-state index is 4.26. The molecular formula is C13H12N4. The van der Waals surface area contributed by atoms with Gasteiger partial charge in [0.2, 0.25) is 0 Å². The van der Waals surface area contributed by atoms with Gasteiger partial charge in [0.1, 0.15) is 0 Å². The first-order valence-corrected chi connectivity index (χ1v) is 5.63. The molecule has 0 unspecified atom stereocenters. The fourth-order valence-corrected chi connectivity index (χ4v) is 1.88. The van der Waals surface area contributed by atoms with Gasteiger partial charge in [-0.3, -0.25) is 5.10 Å². The monoisotopic (exact) mass is 224 g/mol.